The van der Waals surface area contributed by atoms with Crippen molar-refractivity contribution in [3.05, 3.63) is 88.2 Å². The smallest absolute Gasteiger partial charge is 0.234 e. The van der Waals surface area contributed by atoms with Gasteiger partial charge in [0.15, 0.2) is 11.6 Å². The summed E-state index contributed by atoms with van der Waals surface area (Å²) in [5, 5.41) is 13.5. The number of fused-ring (bicyclic) bond motifs is 2. The van der Waals surface area contributed by atoms with Crippen molar-refractivity contribution in [3.8, 4) is 23.0 Å². The fourth-order valence-electron chi connectivity index (χ4n) is 4.31. The fourth-order valence-corrected chi connectivity index (χ4v) is 5.13. The van der Waals surface area contributed by atoms with Crippen LogP contribution in [-0.4, -0.2) is 31.7 Å². The fraction of sp³-hybridized carbons (Fsp3) is 0.214. The standard InChI is InChI=1S/C28H26N4O3S/c1-16-9-17(2)11-21(10-16)30-24(34)15-36-28-23-12-22-20(14-33)13-29-18(3)25(22)35-27(23)31-26(32-28)19-7-5-4-6-8-19/h4-11,13,33H,12,14-15H2,1-3H3,(H,30,34). The highest BCUT2D eigenvalue weighted by atomic mass is 32.2. The van der Waals surface area contributed by atoms with Crippen molar-refractivity contribution in [2.24, 2.45) is 0 Å². The summed E-state index contributed by atoms with van der Waals surface area (Å²) in [4.78, 5) is 26.7. The third-order valence-electron chi connectivity index (χ3n) is 5.94. The van der Waals surface area contributed by atoms with Crippen molar-refractivity contribution in [3.63, 3.8) is 0 Å². The maximum atomic E-state index is 12.8. The summed E-state index contributed by atoms with van der Waals surface area (Å²) < 4.78 is 6.24. The number of amides is 1. The summed E-state index contributed by atoms with van der Waals surface area (Å²) >= 11 is 1.35. The van der Waals surface area contributed by atoms with E-state index in [0.717, 1.165) is 39.2 Å². The molecule has 0 fully saturated rings. The van der Waals surface area contributed by atoms with E-state index in [1.165, 1.54) is 11.8 Å². The molecule has 0 unspecified atom stereocenters. The zero-order chi connectivity index (χ0) is 25.2. The molecule has 0 bridgehead atoms. The molecule has 0 saturated heterocycles. The third-order valence-corrected chi connectivity index (χ3v) is 6.95. The minimum atomic E-state index is -0.141. The van der Waals surface area contributed by atoms with Crippen molar-refractivity contribution >= 4 is 23.4 Å². The molecule has 5 rings (SSSR count). The molecule has 2 aromatic heterocycles. The van der Waals surface area contributed by atoms with E-state index in [-0.39, 0.29) is 18.3 Å². The number of ether oxygens (including phenoxy) is 1. The second kappa shape index (κ2) is 10.1. The molecular formula is C28H26N4O3S. The second-order valence-electron chi connectivity index (χ2n) is 8.83. The molecule has 2 aromatic carbocycles. The van der Waals surface area contributed by atoms with Gasteiger partial charge in [-0.1, -0.05) is 48.2 Å². The van der Waals surface area contributed by atoms with Crippen LogP contribution < -0.4 is 10.1 Å². The van der Waals surface area contributed by atoms with E-state index in [4.69, 9.17) is 14.7 Å². The van der Waals surface area contributed by atoms with E-state index >= 15 is 0 Å². The van der Waals surface area contributed by atoms with Crippen LogP contribution in [-0.2, 0) is 17.8 Å². The summed E-state index contributed by atoms with van der Waals surface area (Å²) in [6.45, 7) is 5.74. The largest absolute Gasteiger partial charge is 0.436 e. The molecule has 0 atom stereocenters. The molecule has 36 heavy (non-hydrogen) atoms. The molecule has 4 aromatic rings. The van der Waals surface area contributed by atoms with Crippen molar-refractivity contribution in [1.82, 2.24) is 15.0 Å². The molecule has 182 valence electrons. The van der Waals surface area contributed by atoms with Crippen LogP contribution in [0.5, 0.6) is 11.6 Å². The summed E-state index contributed by atoms with van der Waals surface area (Å²) in [5.41, 5.74) is 6.93. The molecule has 7 nitrogen and oxygen atoms in total. The average Bonchev–Trinajstić information content (AvgIpc) is 2.86. The Balaban J connectivity index is 1.47. The number of carbonyl (C=O) groups is 1. The molecular weight excluding hydrogens is 472 g/mol. The van der Waals surface area contributed by atoms with Crippen molar-refractivity contribution in [2.45, 2.75) is 38.8 Å². The van der Waals surface area contributed by atoms with Gasteiger partial charge in [0.1, 0.15) is 5.03 Å². The van der Waals surface area contributed by atoms with Gasteiger partial charge in [0.2, 0.25) is 11.8 Å². The monoisotopic (exact) mass is 498 g/mol. The van der Waals surface area contributed by atoms with E-state index in [2.05, 4.69) is 16.4 Å². The molecule has 0 radical (unpaired) electrons. The molecule has 2 N–H and O–H groups in total. The average molecular weight is 499 g/mol. The maximum absolute atomic E-state index is 12.8. The number of hydrogen-bond donors (Lipinski definition) is 2. The quantitative estimate of drug-likeness (QED) is 0.239. The van der Waals surface area contributed by atoms with Crippen LogP contribution in [0, 0.1) is 20.8 Å². The molecule has 1 aliphatic rings. The predicted molar refractivity (Wildman–Crippen MR) is 141 cm³/mol. The van der Waals surface area contributed by atoms with Gasteiger partial charge in [-0.3, -0.25) is 9.78 Å². The van der Waals surface area contributed by atoms with Crippen LogP contribution in [0.1, 0.15) is 33.5 Å². The first-order valence-corrected chi connectivity index (χ1v) is 12.6. The number of hydrogen-bond acceptors (Lipinski definition) is 7. The number of rotatable bonds is 6. The highest BCUT2D eigenvalue weighted by Gasteiger charge is 2.28. The van der Waals surface area contributed by atoms with Crippen LogP contribution >= 0.6 is 11.8 Å². The van der Waals surface area contributed by atoms with Gasteiger partial charge < -0.3 is 15.2 Å². The number of anilines is 1. The molecule has 8 heteroatoms. The van der Waals surface area contributed by atoms with Gasteiger partial charge in [0.25, 0.3) is 0 Å². The Labute approximate surface area is 214 Å². The number of thioether (sulfide) groups is 1. The Morgan fingerprint density at radius 3 is 2.53 bits per heavy atom. The van der Waals surface area contributed by atoms with E-state index in [1.54, 1.807) is 6.20 Å². The van der Waals surface area contributed by atoms with Crippen molar-refractivity contribution < 1.29 is 14.6 Å². The van der Waals surface area contributed by atoms with E-state index in [0.29, 0.717) is 34.5 Å². The van der Waals surface area contributed by atoms with Gasteiger partial charge in [-0.2, -0.15) is 4.98 Å². The Hall–Kier alpha value is -3.75. The summed E-state index contributed by atoms with van der Waals surface area (Å²) in [6.07, 6.45) is 2.16. The first-order valence-electron chi connectivity index (χ1n) is 11.6. The third kappa shape index (κ3) is 4.96. The van der Waals surface area contributed by atoms with Crippen LogP contribution in [0.4, 0.5) is 5.69 Å². The Bertz CT molecular complexity index is 1440. The first-order chi connectivity index (χ1) is 17.4. The first kappa shape index (κ1) is 24.0. The Morgan fingerprint density at radius 1 is 1.06 bits per heavy atom. The summed E-state index contributed by atoms with van der Waals surface area (Å²) in [5.74, 6) is 1.66. The van der Waals surface area contributed by atoms with Crippen LogP contribution in [0.25, 0.3) is 11.4 Å². The minimum absolute atomic E-state index is 0.119. The van der Waals surface area contributed by atoms with Crippen molar-refractivity contribution in [1.29, 1.82) is 0 Å². The van der Waals surface area contributed by atoms with E-state index < -0.39 is 0 Å². The van der Waals surface area contributed by atoms with Crippen LogP contribution in [0.3, 0.4) is 0 Å². The van der Waals surface area contributed by atoms with E-state index in [9.17, 15) is 9.90 Å². The zero-order valence-electron chi connectivity index (χ0n) is 20.3. The number of aryl methyl sites for hydroxylation is 3. The number of carbonyl (C=O) groups excluding carboxylic acids is 1. The van der Waals surface area contributed by atoms with Gasteiger partial charge in [0.05, 0.1) is 23.6 Å². The molecule has 1 amide bonds. The van der Waals surface area contributed by atoms with Gasteiger partial charge >= 0.3 is 0 Å². The Morgan fingerprint density at radius 2 is 1.81 bits per heavy atom. The number of nitrogens with one attached hydrogen (secondary N) is 1. The molecule has 0 saturated carbocycles. The van der Waals surface area contributed by atoms with E-state index in [1.807, 2.05) is 63.2 Å². The number of pyridine rings is 1. The van der Waals surface area contributed by atoms with Crippen LogP contribution in [0.15, 0.2) is 59.8 Å². The lowest BCUT2D eigenvalue weighted by molar-refractivity contribution is -0.113. The molecule has 0 aliphatic carbocycles. The number of nitrogens with zero attached hydrogens (tertiary/aromatic N) is 3. The SMILES string of the molecule is Cc1cc(C)cc(NC(=O)CSc2nc(-c3ccccc3)nc3c2Cc2c(CO)cnc(C)c2O3)c1. The topological polar surface area (TPSA) is 97.2 Å². The minimum Gasteiger partial charge on any atom is -0.436 e. The maximum Gasteiger partial charge on any atom is 0.234 e. The highest BCUT2D eigenvalue weighted by Crippen LogP contribution is 2.42. The molecule has 3 heterocycles. The highest BCUT2D eigenvalue weighted by molar-refractivity contribution is 8.00. The van der Waals surface area contributed by atoms with Crippen LogP contribution in [0.2, 0.25) is 0 Å². The Kier molecular flexibility index (Phi) is 6.71. The van der Waals surface area contributed by atoms with Gasteiger partial charge in [0, 0.05) is 35.0 Å². The number of aromatic nitrogens is 3. The summed E-state index contributed by atoms with van der Waals surface area (Å²) in [6, 6.07) is 15.7. The van der Waals surface area contributed by atoms with Gasteiger partial charge in [-0.05, 0) is 44.0 Å². The number of aliphatic hydroxyl groups excluding tert-OH is 1. The lowest BCUT2D eigenvalue weighted by Crippen LogP contribution is -2.16. The predicted octanol–water partition coefficient (Wildman–Crippen LogP) is 5.38. The van der Waals surface area contributed by atoms with Gasteiger partial charge in [-0.25, -0.2) is 4.98 Å². The van der Waals surface area contributed by atoms with Gasteiger partial charge in [-0.15, -0.1) is 0 Å². The number of aliphatic hydroxyl groups is 1. The zero-order valence-corrected chi connectivity index (χ0v) is 21.1. The molecule has 1 aliphatic heterocycles. The molecule has 0 spiro atoms. The lowest BCUT2D eigenvalue weighted by Gasteiger charge is -2.24. The number of benzene rings is 2. The van der Waals surface area contributed by atoms with Crippen molar-refractivity contribution in [2.75, 3.05) is 11.1 Å². The second-order valence-corrected chi connectivity index (χ2v) is 9.79. The lowest BCUT2D eigenvalue weighted by atomic mass is 9.99. The summed E-state index contributed by atoms with van der Waals surface area (Å²) in [7, 11) is 0. The normalized spacial score (nSPS) is 11.9.